The Hall–Kier alpha value is -2.33. The van der Waals surface area contributed by atoms with Gasteiger partial charge in [0.1, 0.15) is 11.5 Å². The molecule has 0 amide bonds. The second-order valence-corrected chi connectivity index (χ2v) is 6.16. The van der Waals surface area contributed by atoms with E-state index in [2.05, 4.69) is 14.5 Å². The van der Waals surface area contributed by atoms with E-state index in [0.717, 1.165) is 0 Å². The summed E-state index contributed by atoms with van der Waals surface area (Å²) in [4.78, 5) is 46.8. The SMILES string of the molecule is Cc1ncc(COP(=O)(O)O)c(CN=C(CCC(=O)O)C(=O)O)c1O. The number of hydrogen-bond donors (Lipinski definition) is 5. The van der Waals surface area contributed by atoms with Gasteiger partial charge in [-0.25, -0.2) is 9.36 Å². The second-order valence-electron chi connectivity index (χ2n) is 4.92. The van der Waals surface area contributed by atoms with Crippen LogP contribution in [0, 0.1) is 6.92 Å². The van der Waals surface area contributed by atoms with Gasteiger partial charge in [0, 0.05) is 23.7 Å². The van der Waals surface area contributed by atoms with E-state index in [1.54, 1.807) is 0 Å². The summed E-state index contributed by atoms with van der Waals surface area (Å²) in [6.07, 6.45) is 0.470. The predicted octanol–water partition coefficient (Wildman–Crippen LogP) is 0.595. The van der Waals surface area contributed by atoms with Gasteiger partial charge in [0.25, 0.3) is 0 Å². The molecule has 1 heterocycles. The quantitative estimate of drug-likeness (QED) is 0.301. The number of carbonyl (C=O) groups is 2. The molecule has 0 aromatic carbocycles. The summed E-state index contributed by atoms with van der Waals surface area (Å²) in [6, 6.07) is 0. The topological polar surface area (TPSA) is 187 Å². The van der Waals surface area contributed by atoms with Gasteiger partial charge in [-0.3, -0.25) is 19.3 Å². The van der Waals surface area contributed by atoms with E-state index in [1.807, 2.05) is 0 Å². The minimum Gasteiger partial charge on any atom is -0.506 e. The number of phosphoric acid groups is 1. The number of pyridine rings is 1. The molecule has 0 aliphatic heterocycles. The Bertz CT molecular complexity index is 741. The Morgan fingerprint density at radius 3 is 2.44 bits per heavy atom. The smallest absolute Gasteiger partial charge is 0.469 e. The number of carboxylic acid groups (broad SMARTS) is 2. The molecule has 0 aliphatic carbocycles. The van der Waals surface area contributed by atoms with Crippen molar-refractivity contribution in [3.8, 4) is 5.75 Å². The molecule has 1 aromatic heterocycles. The van der Waals surface area contributed by atoms with Crippen molar-refractivity contribution in [3.05, 3.63) is 23.0 Å². The molecule has 1 rings (SSSR count). The Balaban J connectivity index is 3.10. The first-order valence-corrected chi connectivity index (χ1v) is 8.39. The molecule has 138 valence electrons. The lowest BCUT2D eigenvalue weighted by Gasteiger charge is -2.12. The van der Waals surface area contributed by atoms with Crippen molar-refractivity contribution in [2.45, 2.75) is 32.9 Å². The van der Waals surface area contributed by atoms with Crippen LogP contribution in [0.1, 0.15) is 29.7 Å². The molecule has 11 nitrogen and oxygen atoms in total. The highest BCUT2D eigenvalue weighted by Gasteiger charge is 2.19. The zero-order chi connectivity index (χ0) is 19.2. The molecule has 0 saturated heterocycles. The summed E-state index contributed by atoms with van der Waals surface area (Å²) in [5.74, 6) is -2.91. The van der Waals surface area contributed by atoms with Crippen molar-refractivity contribution in [2.24, 2.45) is 4.99 Å². The number of aliphatic carboxylic acids is 2. The van der Waals surface area contributed by atoms with Crippen LogP contribution in [0.5, 0.6) is 5.75 Å². The number of hydrogen-bond acceptors (Lipinski definition) is 7. The van der Waals surface area contributed by atoms with Crippen LogP contribution in [0.4, 0.5) is 0 Å². The van der Waals surface area contributed by atoms with E-state index in [0.29, 0.717) is 0 Å². The first-order chi connectivity index (χ1) is 11.5. The number of phosphoric ester groups is 1. The van der Waals surface area contributed by atoms with Crippen molar-refractivity contribution >= 4 is 25.5 Å². The Morgan fingerprint density at radius 1 is 1.28 bits per heavy atom. The van der Waals surface area contributed by atoms with E-state index in [-0.39, 0.29) is 35.5 Å². The zero-order valence-electron chi connectivity index (χ0n) is 13.1. The van der Waals surface area contributed by atoms with Crippen LogP contribution >= 0.6 is 7.82 Å². The maximum Gasteiger partial charge on any atom is 0.469 e. The molecule has 0 bridgehead atoms. The second kappa shape index (κ2) is 8.67. The first-order valence-electron chi connectivity index (χ1n) is 6.86. The average Bonchev–Trinajstić information content (AvgIpc) is 2.48. The van der Waals surface area contributed by atoms with Crippen LogP contribution in [-0.4, -0.2) is 47.7 Å². The van der Waals surface area contributed by atoms with Crippen molar-refractivity contribution in [1.82, 2.24) is 4.98 Å². The van der Waals surface area contributed by atoms with E-state index in [1.165, 1.54) is 13.1 Å². The van der Waals surface area contributed by atoms with E-state index >= 15 is 0 Å². The number of aliphatic imine (C=N–C) groups is 1. The van der Waals surface area contributed by atoms with Crippen LogP contribution in [0.3, 0.4) is 0 Å². The third-order valence-electron chi connectivity index (χ3n) is 3.07. The third-order valence-corrected chi connectivity index (χ3v) is 3.53. The number of carboxylic acids is 2. The zero-order valence-corrected chi connectivity index (χ0v) is 14.0. The average molecular weight is 376 g/mol. The summed E-state index contributed by atoms with van der Waals surface area (Å²) in [5.41, 5.74) is -0.0150. The number of nitrogens with zero attached hydrogens (tertiary/aromatic N) is 2. The fraction of sp³-hybridized carbons (Fsp3) is 0.385. The highest BCUT2D eigenvalue weighted by Crippen LogP contribution is 2.38. The van der Waals surface area contributed by atoms with Crippen molar-refractivity contribution in [3.63, 3.8) is 0 Å². The van der Waals surface area contributed by atoms with Gasteiger partial charge in [-0.1, -0.05) is 0 Å². The van der Waals surface area contributed by atoms with Gasteiger partial charge in [-0.15, -0.1) is 0 Å². The molecule has 12 heteroatoms. The van der Waals surface area contributed by atoms with Crippen LogP contribution in [-0.2, 0) is 31.8 Å². The number of aryl methyl sites for hydroxylation is 1. The van der Waals surface area contributed by atoms with Gasteiger partial charge in [-0.05, 0) is 6.92 Å². The van der Waals surface area contributed by atoms with Crippen LogP contribution < -0.4 is 0 Å². The molecule has 0 saturated carbocycles. The molecule has 0 aliphatic rings. The van der Waals surface area contributed by atoms with Crippen molar-refractivity contribution in [1.29, 1.82) is 0 Å². The highest BCUT2D eigenvalue weighted by molar-refractivity contribution is 7.46. The van der Waals surface area contributed by atoms with Gasteiger partial charge in [-0.2, -0.15) is 0 Å². The molecule has 5 N–H and O–H groups in total. The Labute approximate surface area is 141 Å². The largest absolute Gasteiger partial charge is 0.506 e. The van der Waals surface area contributed by atoms with E-state index < -0.39 is 38.5 Å². The lowest BCUT2D eigenvalue weighted by molar-refractivity contribution is -0.136. The lowest BCUT2D eigenvalue weighted by atomic mass is 10.1. The van der Waals surface area contributed by atoms with E-state index in [9.17, 15) is 19.3 Å². The molecule has 0 spiro atoms. The summed E-state index contributed by atoms with van der Waals surface area (Å²) in [6.45, 7) is 0.544. The summed E-state index contributed by atoms with van der Waals surface area (Å²) >= 11 is 0. The molecule has 0 atom stereocenters. The number of aromatic nitrogens is 1. The maximum absolute atomic E-state index is 11.1. The van der Waals surface area contributed by atoms with E-state index in [4.69, 9.17) is 20.0 Å². The van der Waals surface area contributed by atoms with Crippen molar-refractivity contribution < 1.29 is 43.8 Å². The van der Waals surface area contributed by atoms with Gasteiger partial charge >= 0.3 is 19.8 Å². The predicted molar refractivity (Wildman–Crippen MR) is 83.1 cm³/mol. The minimum absolute atomic E-state index is 0.0787. The summed E-state index contributed by atoms with van der Waals surface area (Å²) in [7, 11) is -4.76. The first kappa shape index (κ1) is 20.7. The van der Waals surface area contributed by atoms with Crippen LogP contribution in [0.15, 0.2) is 11.2 Å². The van der Waals surface area contributed by atoms with Crippen LogP contribution in [0.2, 0.25) is 0 Å². The van der Waals surface area contributed by atoms with Gasteiger partial charge in [0.15, 0.2) is 0 Å². The number of aromatic hydroxyl groups is 1. The Kier molecular flexibility index (Phi) is 7.19. The fourth-order valence-electron chi connectivity index (χ4n) is 1.79. The fourth-order valence-corrected chi connectivity index (χ4v) is 2.10. The molecule has 0 unspecified atom stereocenters. The van der Waals surface area contributed by atoms with Gasteiger partial charge < -0.3 is 25.1 Å². The van der Waals surface area contributed by atoms with Crippen LogP contribution in [0.25, 0.3) is 0 Å². The van der Waals surface area contributed by atoms with Gasteiger partial charge in [0.05, 0.1) is 25.3 Å². The minimum atomic E-state index is -4.76. The Morgan fingerprint density at radius 2 is 1.92 bits per heavy atom. The molecular formula is C13H17N2O9P. The molecule has 1 aromatic rings. The van der Waals surface area contributed by atoms with Crippen molar-refractivity contribution in [2.75, 3.05) is 0 Å². The molecule has 0 fully saturated rings. The molecule has 0 radical (unpaired) electrons. The molecular weight excluding hydrogens is 359 g/mol. The van der Waals surface area contributed by atoms with Gasteiger partial charge in [0.2, 0.25) is 0 Å². The monoisotopic (exact) mass is 376 g/mol. The summed E-state index contributed by atoms with van der Waals surface area (Å²) in [5, 5.41) is 27.7. The highest BCUT2D eigenvalue weighted by atomic mass is 31.2. The normalized spacial score (nSPS) is 12.2. The lowest BCUT2D eigenvalue weighted by Crippen LogP contribution is -2.15. The molecule has 25 heavy (non-hydrogen) atoms. The maximum atomic E-state index is 11.1. The standard InChI is InChI=1S/C13H17N2O9P/c1-7-12(18)9(8(4-14-7)6-24-25(21,22)23)5-15-10(13(19)20)2-3-11(16)17/h4,18H,2-3,5-6H2,1H3,(H,16,17)(H,19,20)(H2,21,22,23). The summed E-state index contributed by atoms with van der Waals surface area (Å²) < 4.78 is 15.2. The third kappa shape index (κ3) is 6.98. The number of rotatable bonds is 9.